The first kappa shape index (κ1) is 29.4. The summed E-state index contributed by atoms with van der Waals surface area (Å²) >= 11 is 0. The minimum atomic E-state index is -1.01. The lowest BCUT2D eigenvalue weighted by Crippen LogP contribution is -2.52. The first-order valence-corrected chi connectivity index (χ1v) is 13.2. The molecule has 0 saturated carbocycles. The molecule has 11 heteroatoms. The van der Waals surface area contributed by atoms with Crippen LogP contribution in [-0.2, 0) is 4.79 Å². The number of nitriles is 1. The maximum Gasteiger partial charge on any atom is 0.307 e. The van der Waals surface area contributed by atoms with Gasteiger partial charge in [0.1, 0.15) is 23.4 Å². The number of hydrogen-bond donors (Lipinski definition) is 2. The first-order valence-electron chi connectivity index (χ1n) is 13.2. The van der Waals surface area contributed by atoms with E-state index < -0.39 is 52.5 Å². The average Bonchev–Trinajstić information content (AvgIpc) is 3.37. The molecule has 2 heterocycles. The van der Waals surface area contributed by atoms with Crippen LogP contribution < -0.4 is 15.6 Å². The lowest BCUT2D eigenvalue weighted by atomic mass is 9.84. The fourth-order valence-electron chi connectivity index (χ4n) is 5.14. The quantitative estimate of drug-likeness (QED) is 0.423. The second-order valence-corrected chi connectivity index (χ2v) is 10.9. The summed E-state index contributed by atoms with van der Waals surface area (Å²) in [5.74, 6) is -2.09. The molecular formula is C30H31F2N5O4. The second kappa shape index (κ2) is 11.5. The van der Waals surface area contributed by atoms with Gasteiger partial charge in [0.2, 0.25) is 5.91 Å². The zero-order chi connectivity index (χ0) is 30.1. The van der Waals surface area contributed by atoms with Crippen molar-refractivity contribution in [3.8, 4) is 17.6 Å². The molecule has 1 fully saturated rings. The maximum absolute atomic E-state index is 14.1. The molecule has 9 nitrogen and oxygen atoms in total. The second-order valence-electron chi connectivity index (χ2n) is 10.9. The molecule has 1 aliphatic rings. The van der Waals surface area contributed by atoms with E-state index in [1.54, 1.807) is 39.8 Å². The van der Waals surface area contributed by atoms with Gasteiger partial charge in [-0.3, -0.25) is 14.4 Å². The molecule has 3 aromatic rings. The van der Waals surface area contributed by atoms with Gasteiger partial charge in [0.15, 0.2) is 5.75 Å². The number of nitrogens with zero attached hydrogens (tertiary/aromatic N) is 3. The number of aromatic amines is 1. The number of halogens is 2. The third-order valence-corrected chi connectivity index (χ3v) is 7.30. The van der Waals surface area contributed by atoms with Gasteiger partial charge in [0.25, 0.3) is 5.91 Å². The Bertz CT molecular complexity index is 1580. The normalized spacial score (nSPS) is 17.6. The van der Waals surface area contributed by atoms with Gasteiger partial charge in [-0.25, -0.2) is 13.9 Å². The van der Waals surface area contributed by atoms with Crippen molar-refractivity contribution >= 4 is 11.8 Å². The molecule has 0 aliphatic carbocycles. The number of benzene rings is 2. The molecule has 3 atom stereocenters. The zero-order valence-electron chi connectivity index (χ0n) is 23.4. The summed E-state index contributed by atoms with van der Waals surface area (Å²) in [7, 11) is 0. The fraction of sp³-hybridized carbons (Fsp3) is 0.367. The van der Waals surface area contributed by atoms with Crippen molar-refractivity contribution in [2.75, 3.05) is 0 Å². The number of likely N-dealkylation sites (tertiary alicyclic amines) is 1. The number of ether oxygens (including phenoxy) is 1. The van der Waals surface area contributed by atoms with E-state index in [1.807, 2.05) is 0 Å². The number of nitrogens with one attached hydrogen (secondary N) is 2. The summed E-state index contributed by atoms with van der Waals surface area (Å²) in [6.07, 6.45) is 0.863. The van der Waals surface area contributed by atoms with Crippen LogP contribution >= 0.6 is 0 Å². The van der Waals surface area contributed by atoms with Gasteiger partial charge >= 0.3 is 5.56 Å². The smallest absolute Gasteiger partial charge is 0.307 e. The number of amides is 2. The van der Waals surface area contributed by atoms with Gasteiger partial charge in [-0.2, -0.15) is 10.4 Å². The Morgan fingerprint density at radius 1 is 1.12 bits per heavy atom. The Morgan fingerprint density at radius 3 is 2.44 bits per heavy atom. The minimum absolute atomic E-state index is 0.0604. The summed E-state index contributed by atoms with van der Waals surface area (Å²) in [6, 6.07) is 9.29. The zero-order valence-corrected chi connectivity index (χ0v) is 23.4. The molecule has 2 aromatic carbocycles. The van der Waals surface area contributed by atoms with Crippen molar-refractivity contribution in [1.82, 2.24) is 20.4 Å². The molecule has 0 spiro atoms. The van der Waals surface area contributed by atoms with E-state index in [9.17, 15) is 28.4 Å². The molecular weight excluding hydrogens is 532 g/mol. The van der Waals surface area contributed by atoms with Crippen LogP contribution in [0.1, 0.15) is 66.8 Å². The summed E-state index contributed by atoms with van der Waals surface area (Å²) < 4.78 is 33.8. The number of aromatic nitrogens is 2. The third-order valence-electron chi connectivity index (χ3n) is 7.30. The third kappa shape index (κ3) is 6.27. The van der Waals surface area contributed by atoms with Gasteiger partial charge in [-0.15, -0.1) is 0 Å². The maximum atomic E-state index is 14.1. The minimum Gasteiger partial charge on any atom is -0.451 e. The number of aryl methyl sites for hydroxylation is 2. The lowest BCUT2D eigenvalue weighted by Gasteiger charge is -2.38. The van der Waals surface area contributed by atoms with Crippen molar-refractivity contribution < 1.29 is 23.1 Å². The van der Waals surface area contributed by atoms with Gasteiger partial charge in [0, 0.05) is 17.7 Å². The predicted molar refractivity (Wildman–Crippen MR) is 146 cm³/mol. The molecule has 2 amide bonds. The molecule has 1 aromatic heterocycles. The molecule has 41 heavy (non-hydrogen) atoms. The van der Waals surface area contributed by atoms with E-state index in [4.69, 9.17) is 4.74 Å². The Labute approximate surface area is 236 Å². The average molecular weight is 564 g/mol. The van der Waals surface area contributed by atoms with Crippen LogP contribution in [0.2, 0.25) is 0 Å². The van der Waals surface area contributed by atoms with Crippen molar-refractivity contribution in [2.45, 2.75) is 65.6 Å². The summed E-state index contributed by atoms with van der Waals surface area (Å²) in [5, 5.41) is 18.7. The Kier molecular flexibility index (Phi) is 8.24. The Morgan fingerprint density at radius 2 is 1.80 bits per heavy atom. The predicted octanol–water partition coefficient (Wildman–Crippen LogP) is 4.86. The van der Waals surface area contributed by atoms with E-state index >= 15 is 0 Å². The van der Waals surface area contributed by atoms with Crippen molar-refractivity contribution in [3.05, 3.63) is 86.8 Å². The van der Waals surface area contributed by atoms with Crippen molar-refractivity contribution in [2.24, 2.45) is 5.41 Å². The highest BCUT2D eigenvalue weighted by molar-refractivity contribution is 5.98. The largest absolute Gasteiger partial charge is 0.451 e. The van der Waals surface area contributed by atoms with E-state index in [0.29, 0.717) is 35.4 Å². The van der Waals surface area contributed by atoms with E-state index in [0.717, 1.165) is 6.07 Å². The summed E-state index contributed by atoms with van der Waals surface area (Å²) in [5.41, 5.74) is 0.253. The summed E-state index contributed by atoms with van der Waals surface area (Å²) in [6.45, 7) is 8.37. The van der Waals surface area contributed by atoms with Gasteiger partial charge in [-0.1, -0.05) is 0 Å². The van der Waals surface area contributed by atoms with Crippen molar-refractivity contribution in [1.29, 1.82) is 5.26 Å². The number of hydrogen-bond acceptors (Lipinski definition) is 6. The van der Waals surface area contributed by atoms with Crippen molar-refractivity contribution in [3.63, 3.8) is 0 Å². The molecule has 1 saturated heterocycles. The Hall–Kier alpha value is -4.59. The highest BCUT2D eigenvalue weighted by atomic mass is 19.1. The molecule has 0 radical (unpaired) electrons. The van der Waals surface area contributed by atoms with Crippen LogP contribution in [0.3, 0.4) is 0 Å². The van der Waals surface area contributed by atoms with Crippen LogP contribution in [0.5, 0.6) is 11.5 Å². The molecule has 1 aliphatic heterocycles. The lowest BCUT2D eigenvalue weighted by molar-refractivity contribution is -0.137. The fourth-order valence-corrected chi connectivity index (χ4v) is 5.14. The first-order chi connectivity index (χ1) is 19.3. The number of H-pyrrole nitrogens is 1. The number of rotatable bonds is 7. The molecule has 0 bridgehead atoms. The van der Waals surface area contributed by atoms with Crippen LogP contribution in [0.25, 0.3) is 0 Å². The van der Waals surface area contributed by atoms with Gasteiger partial charge in [-0.05, 0) is 88.9 Å². The molecule has 0 unspecified atom stereocenters. The van der Waals surface area contributed by atoms with E-state index in [-0.39, 0.29) is 11.3 Å². The van der Waals surface area contributed by atoms with Crippen LogP contribution in [0.4, 0.5) is 8.78 Å². The Balaban J connectivity index is 1.55. The SMILES string of the molecule is Cc1cc(Oc2ccc(C(=O)N[C@H](C)C(=O)N3[C@H](c4cc(F)cc(F)c4)CC[C@@H]3C(C)(C)C#N)cc2C)c(=O)[nH]n1. The molecule has 2 N–H and O–H groups in total. The standard InChI is InChI=1S/C30H31F2N5O4/c1-16-10-19(6-8-24(16)41-25-11-17(2)35-36-28(25)39)27(38)34-18(3)29(40)37-23(7-9-26(37)30(4,5)15-33)20-12-21(31)14-22(32)13-20/h6,8,10-14,18,23,26H,7,9H2,1-5H3,(H,34,38)(H,36,39)/t18-,23+,26-/m1/s1. The van der Waals surface area contributed by atoms with Crippen LogP contribution in [0.15, 0.2) is 47.3 Å². The monoisotopic (exact) mass is 563 g/mol. The highest BCUT2D eigenvalue weighted by Crippen LogP contribution is 2.43. The van der Waals surface area contributed by atoms with E-state index in [2.05, 4.69) is 21.6 Å². The summed E-state index contributed by atoms with van der Waals surface area (Å²) in [4.78, 5) is 40.4. The molecule has 214 valence electrons. The van der Waals surface area contributed by atoms with Crippen LogP contribution in [-0.4, -0.2) is 39.0 Å². The highest BCUT2D eigenvalue weighted by Gasteiger charge is 2.46. The topological polar surface area (TPSA) is 128 Å². The van der Waals surface area contributed by atoms with E-state index in [1.165, 1.54) is 36.1 Å². The number of carbonyl (C=O) groups excluding carboxylic acids is 2. The number of carbonyl (C=O) groups is 2. The molecule has 4 rings (SSSR count). The van der Waals surface area contributed by atoms with Crippen LogP contribution in [0, 0.1) is 42.2 Å². The van der Waals surface area contributed by atoms with Gasteiger partial charge < -0.3 is 15.0 Å². The van der Waals surface area contributed by atoms with Gasteiger partial charge in [0.05, 0.1) is 29.3 Å².